The largest absolute Gasteiger partial charge is 0.468 e. The van der Waals surface area contributed by atoms with Gasteiger partial charge in [0, 0.05) is 35.8 Å². The maximum Gasteiger partial charge on any atom is 0.271 e. The number of thioether (sulfide) groups is 1. The van der Waals surface area contributed by atoms with Gasteiger partial charge in [-0.15, -0.1) is 0 Å². The van der Waals surface area contributed by atoms with Crippen LogP contribution in [0.15, 0.2) is 90.2 Å². The topological polar surface area (TPSA) is 73.6 Å². The summed E-state index contributed by atoms with van der Waals surface area (Å²) in [4.78, 5) is 30.3. The maximum absolute atomic E-state index is 13.0. The van der Waals surface area contributed by atoms with Crippen LogP contribution in [-0.4, -0.2) is 31.6 Å². The molecule has 0 unspecified atom stereocenters. The van der Waals surface area contributed by atoms with Gasteiger partial charge in [0.25, 0.3) is 11.1 Å². The number of aromatic nitrogens is 2. The van der Waals surface area contributed by atoms with E-state index in [0.29, 0.717) is 17.4 Å². The van der Waals surface area contributed by atoms with Crippen molar-refractivity contribution in [3.8, 4) is 0 Å². The number of hydrogen-bond acceptors (Lipinski definition) is 6. The molecule has 0 radical (unpaired) electrons. The second-order valence-corrected chi connectivity index (χ2v) is 7.75. The zero-order chi connectivity index (χ0) is 21.0. The molecule has 0 bridgehead atoms. The summed E-state index contributed by atoms with van der Waals surface area (Å²) in [6.07, 6.45) is 4.51. The van der Waals surface area contributed by atoms with Gasteiger partial charge in [0.2, 0.25) is 5.12 Å². The van der Waals surface area contributed by atoms with Crippen molar-refractivity contribution < 1.29 is 14.3 Å². The molecular weight excluding hydrogens is 398 g/mol. The van der Waals surface area contributed by atoms with Crippen molar-refractivity contribution in [2.24, 2.45) is 4.99 Å². The molecule has 6 nitrogen and oxygen atoms in total. The van der Waals surface area contributed by atoms with Gasteiger partial charge >= 0.3 is 0 Å². The van der Waals surface area contributed by atoms with Crippen LogP contribution in [0.4, 0.5) is 0 Å². The first-order chi connectivity index (χ1) is 14.6. The highest BCUT2D eigenvalue weighted by molar-refractivity contribution is 8.26. The average Bonchev–Trinajstić information content (AvgIpc) is 3.41. The fraction of sp³-hybridized carbons (Fsp3) is 0.130. The lowest BCUT2D eigenvalue weighted by atomic mass is 9.87. The van der Waals surface area contributed by atoms with Crippen molar-refractivity contribution in [3.63, 3.8) is 0 Å². The average molecular weight is 417 g/mol. The van der Waals surface area contributed by atoms with Crippen molar-refractivity contribution in [1.82, 2.24) is 9.78 Å². The van der Waals surface area contributed by atoms with Crippen LogP contribution in [-0.2, 0) is 16.1 Å². The van der Waals surface area contributed by atoms with Gasteiger partial charge in [-0.1, -0.05) is 60.7 Å². The second-order valence-electron chi connectivity index (χ2n) is 6.83. The summed E-state index contributed by atoms with van der Waals surface area (Å²) in [7, 11) is 0. The zero-order valence-electron chi connectivity index (χ0n) is 16.3. The van der Waals surface area contributed by atoms with Crippen molar-refractivity contribution in [2.75, 3.05) is 0 Å². The lowest BCUT2D eigenvalue weighted by Gasteiger charge is -2.22. The monoisotopic (exact) mass is 417 g/mol. The fourth-order valence-corrected chi connectivity index (χ4v) is 3.95. The minimum atomic E-state index is -1.25. The number of rotatable bonds is 5. The van der Waals surface area contributed by atoms with Crippen LogP contribution in [0.2, 0.25) is 0 Å². The normalized spacial score (nSPS) is 18.9. The summed E-state index contributed by atoms with van der Waals surface area (Å²) in [5.41, 5.74) is 0.970. The Bertz CT molecular complexity index is 1110. The number of carbonyl (C=O) groups excluding carboxylic acids is 2. The van der Waals surface area contributed by atoms with Gasteiger partial charge in [-0.3, -0.25) is 9.59 Å². The Morgan fingerprint density at radius 2 is 1.80 bits per heavy atom. The van der Waals surface area contributed by atoms with Crippen LogP contribution in [0, 0.1) is 0 Å². The first-order valence-electron chi connectivity index (χ1n) is 9.37. The molecule has 30 heavy (non-hydrogen) atoms. The first kappa shape index (κ1) is 19.8. The maximum atomic E-state index is 13.0. The molecule has 2 aromatic carbocycles. The summed E-state index contributed by atoms with van der Waals surface area (Å²) in [5.74, 6) is -0.355. The lowest BCUT2D eigenvalue weighted by Crippen LogP contribution is -2.30. The molecule has 1 atom stereocenters. The molecule has 3 aromatic rings. The molecule has 0 saturated carbocycles. The van der Waals surface area contributed by atoms with Gasteiger partial charge in [-0.25, -0.2) is 9.67 Å². The van der Waals surface area contributed by atoms with Crippen LogP contribution in [0.25, 0.3) is 5.57 Å². The van der Waals surface area contributed by atoms with Crippen molar-refractivity contribution in [2.45, 2.75) is 19.1 Å². The molecule has 0 aliphatic carbocycles. The van der Waals surface area contributed by atoms with E-state index < -0.39 is 5.54 Å². The summed E-state index contributed by atoms with van der Waals surface area (Å²) in [5, 5.41) is 4.07. The van der Waals surface area contributed by atoms with Crippen LogP contribution in [0.5, 0.6) is 0 Å². The van der Waals surface area contributed by atoms with E-state index in [4.69, 9.17) is 4.74 Å². The molecule has 4 rings (SSSR count). The smallest absolute Gasteiger partial charge is 0.271 e. The fourth-order valence-electron chi connectivity index (χ4n) is 3.09. The van der Waals surface area contributed by atoms with Gasteiger partial charge in [0.15, 0.2) is 5.54 Å². The quantitative estimate of drug-likeness (QED) is 0.582. The molecule has 1 aromatic heterocycles. The highest BCUT2D eigenvalue weighted by Crippen LogP contribution is 2.40. The van der Waals surface area contributed by atoms with E-state index in [1.165, 1.54) is 17.0 Å². The van der Waals surface area contributed by atoms with Crippen molar-refractivity contribution in [1.29, 1.82) is 0 Å². The van der Waals surface area contributed by atoms with Crippen LogP contribution in [0.3, 0.4) is 0 Å². The minimum absolute atomic E-state index is 0.200. The van der Waals surface area contributed by atoms with E-state index in [1.54, 1.807) is 19.2 Å². The van der Waals surface area contributed by atoms with Crippen LogP contribution in [0.1, 0.15) is 22.8 Å². The molecule has 2 heterocycles. The molecule has 0 N–H and O–H groups in total. The predicted octanol–water partition coefficient (Wildman–Crippen LogP) is 4.21. The van der Waals surface area contributed by atoms with Gasteiger partial charge < -0.3 is 4.74 Å². The Kier molecular flexibility index (Phi) is 5.63. The van der Waals surface area contributed by atoms with Gasteiger partial charge in [0.1, 0.15) is 6.61 Å². The number of ether oxygens (including phenoxy) is 1. The Morgan fingerprint density at radius 3 is 2.47 bits per heavy atom. The highest BCUT2D eigenvalue weighted by atomic mass is 32.2. The Labute approximate surface area is 178 Å². The van der Waals surface area contributed by atoms with E-state index in [1.807, 2.05) is 60.7 Å². The van der Waals surface area contributed by atoms with Crippen molar-refractivity contribution >= 4 is 33.6 Å². The summed E-state index contributed by atoms with van der Waals surface area (Å²) >= 11 is 0.954. The number of aliphatic imine (C=N–C) groups is 1. The van der Waals surface area contributed by atoms with E-state index in [2.05, 4.69) is 10.1 Å². The van der Waals surface area contributed by atoms with E-state index in [-0.39, 0.29) is 11.0 Å². The summed E-state index contributed by atoms with van der Waals surface area (Å²) in [6, 6.07) is 20.6. The Balaban J connectivity index is 1.67. The molecule has 0 fully saturated rings. The number of nitrogens with zero attached hydrogens (tertiary/aromatic N) is 3. The molecule has 7 heteroatoms. The van der Waals surface area contributed by atoms with Crippen molar-refractivity contribution in [3.05, 3.63) is 96.3 Å². The summed E-state index contributed by atoms with van der Waals surface area (Å²) in [6.45, 7) is 2.02. The molecule has 0 saturated heterocycles. The van der Waals surface area contributed by atoms with E-state index in [0.717, 1.165) is 22.9 Å². The molecule has 0 spiro atoms. The third-order valence-electron chi connectivity index (χ3n) is 4.70. The third kappa shape index (κ3) is 4.11. The van der Waals surface area contributed by atoms with E-state index in [9.17, 15) is 9.59 Å². The van der Waals surface area contributed by atoms with Gasteiger partial charge in [-0.05, 0) is 24.1 Å². The third-order valence-corrected chi connectivity index (χ3v) is 5.67. The second kappa shape index (κ2) is 8.51. The van der Waals surface area contributed by atoms with Crippen LogP contribution >= 0.6 is 11.8 Å². The SMILES string of the molecule is C[C@]1(/C(=C/C(=O)n2cccn2)c2ccccc2)N=C(OCc2ccccc2)SC1=O. The number of allylic oxidation sites excluding steroid dienone is 1. The predicted molar refractivity (Wildman–Crippen MR) is 117 cm³/mol. The highest BCUT2D eigenvalue weighted by Gasteiger charge is 2.45. The van der Waals surface area contributed by atoms with Crippen LogP contribution < -0.4 is 0 Å². The standard InChI is InChI=1S/C23H19N3O3S/c1-23(21(28)30-22(25-23)29-16-17-9-4-2-5-10-17)19(18-11-6-3-7-12-18)15-20(27)26-14-8-13-24-26/h2-15H,16H2,1H3/b19-15+/t23-/m1/s1. The Morgan fingerprint density at radius 1 is 1.10 bits per heavy atom. The molecule has 1 aliphatic rings. The minimum Gasteiger partial charge on any atom is -0.468 e. The van der Waals surface area contributed by atoms with Gasteiger partial charge in [-0.2, -0.15) is 5.10 Å². The summed E-state index contributed by atoms with van der Waals surface area (Å²) < 4.78 is 7.00. The van der Waals surface area contributed by atoms with E-state index >= 15 is 0 Å². The molecular formula is C23H19N3O3S. The first-order valence-corrected chi connectivity index (χ1v) is 10.2. The molecule has 150 valence electrons. The molecule has 0 amide bonds. The lowest BCUT2D eigenvalue weighted by molar-refractivity contribution is -0.113. The van der Waals surface area contributed by atoms with Gasteiger partial charge in [0.05, 0.1) is 0 Å². The Hall–Kier alpha value is -3.45. The number of hydrogen-bond donors (Lipinski definition) is 0. The number of carbonyl (C=O) groups is 2. The zero-order valence-corrected chi connectivity index (χ0v) is 17.1. The number of benzene rings is 2. The molecule has 1 aliphatic heterocycles.